The number of hydrogen-bond acceptors (Lipinski definition) is 5. The van der Waals surface area contributed by atoms with Crippen molar-refractivity contribution in [3.05, 3.63) is 48.2 Å². The highest BCUT2D eigenvalue weighted by Crippen LogP contribution is 2.24. The van der Waals surface area contributed by atoms with E-state index in [4.69, 9.17) is 9.15 Å². The van der Waals surface area contributed by atoms with Gasteiger partial charge >= 0.3 is 5.97 Å². The first-order chi connectivity index (χ1) is 10.8. The Hall–Kier alpha value is -2.30. The lowest BCUT2D eigenvalue weighted by Gasteiger charge is -2.18. The molecule has 2 aromatic rings. The Labute approximate surface area is 129 Å². The van der Waals surface area contributed by atoms with Gasteiger partial charge in [0.15, 0.2) is 12.1 Å². The fourth-order valence-corrected chi connectivity index (χ4v) is 2.79. The molecule has 0 spiro atoms. The average molecular weight is 300 g/mol. The highest BCUT2D eigenvalue weighted by Gasteiger charge is 2.25. The van der Waals surface area contributed by atoms with Crippen molar-refractivity contribution in [2.75, 3.05) is 24.6 Å². The summed E-state index contributed by atoms with van der Waals surface area (Å²) >= 11 is 0. The highest BCUT2D eigenvalue weighted by atomic mass is 16.5. The lowest BCUT2D eigenvalue weighted by Crippen LogP contribution is -2.22. The van der Waals surface area contributed by atoms with E-state index in [1.165, 1.54) is 12.1 Å². The predicted molar refractivity (Wildman–Crippen MR) is 82.9 cm³/mol. The van der Waals surface area contributed by atoms with Crippen molar-refractivity contribution < 1.29 is 13.9 Å². The Bertz CT molecular complexity index is 624. The molecule has 1 aromatic carbocycles. The van der Waals surface area contributed by atoms with Gasteiger partial charge in [-0.05, 0) is 18.6 Å². The van der Waals surface area contributed by atoms with Crippen LogP contribution in [0.3, 0.4) is 0 Å². The molecule has 0 saturated carbocycles. The van der Waals surface area contributed by atoms with Crippen molar-refractivity contribution in [3.63, 3.8) is 0 Å². The quantitative estimate of drug-likeness (QED) is 0.795. The van der Waals surface area contributed by atoms with E-state index in [0.29, 0.717) is 30.4 Å². The summed E-state index contributed by atoms with van der Waals surface area (Å²) in [5.74, 6) is 0.562. The maximum atomic E-state index is 12.0. The third-order valence-electron chi connectivity index (χ3n) is 4.01. The van der Waals surface area contributed by atoms with E-state index in [1.54, 1.807) is 0 Å². The zero-order valence-corrected chi connectivity index (χ0v) is 12.7. The molecule has 1 atom stereocenters. The normalized spacial score (nSPS) is 17.7. The van der Waals surface area contributed by atoms with Gasteiger partial charge in [-0.1, -0.05) is 25.1 Å². The molecule has 1 aliphatic heterocycles. The van der Waals surface area contributed by atoms with Gasteiger partial charge in [-0.3, -0.25) is 0 Å². The molecule has 0 aliphatic carbocycles. The molecule has 5 heteroatoms. The number of anilines is 1. The Morgan fingerprint density at radius 3 is 3.00 bits per heavy atom. The maximum absolute atomic E-state index is 12.0. The highest BCUT2D eigenvalue weighted by molar-refractivity contribution is 5.88. The molecule has 0 bridgehead atoms. The van der Waals surface area contributed by atoms with Crippen LogP contribution in [0.25, 0.3) is 0 Å². The number of hydrogen-bond donors (Lipinski definition) is 0. The number of aryl methyl sites for hydroxylation is 1. The predicted octanol–water partition coefficient (Wildman–Crippen LogP) is 2.92. The molecular formula is C17H20N2O3. The molecule has 1 fully saturated rings. The molecule has 1 aliphatic rings. The summed E-state index contributed by atoms with van der Waals surface area (Å²) in [6, 6.07) is 10.3. The number of aromatic nitrogens is 1. The summed E-state index contributed by atoms with van der Waals surface area (Å²) < 4.78 is 10.6. The molecule has 0 amide bonds. The minimum atomic E-state index is -0.385. The molecule has 2 heterocycles. The van der Waals surface area contributed by atoms with Gasteiger partial charge in [0.2, 0.25) is 0 Å². The number of esters is 1. The van der Waals surface area contributed by atoms with E-state index in [9.17, 15) is 4.79 Å². The SMILES string of the molecule is CCc1ocnc1C(=O)OC[C@@H]1CCN(c2ccccc2)C1. The standard InChI is InChI=1S/C17H20N2O3/c1-2-15-16(18-12-22-15)17(20)21-11-13-8-9-19(10-13)14-6-4-3-5-7-14/h3-7,12-13H,2,8-11H2,1H3/t13-/m1/s1. The first kappa shape index (κ1) is 14.6. The van der Waals surface area contributed by atoms with Gasteiger partial charge in [0.25, 0.3) is 0 Å². The second-order valence-electron chi connectivity index (χ2n) is 5.51. The first-order valence-corrected chi connectivity index (χ1v) is 7.67. The lowest BCUT2D eigenvalue weighted by atomic mass is 10.1. The van der Waals surface area contributed by atoms with Gasteiger partial charge in [0, 0.05) is 31.1 Å². The third-order valence-corrected chi connectivity index (χ3v) is 4.01. The molecule has 3 rings (SSSR count). The fraction of sp³-hybridized carbons (Fsp3) is 0.412. The van der Waals surface area contributed by atoms with E-state index < -0.39 is 0 Å². The number of carbonyl (C=O) groups excluding carboxylic acids is 1. The Kier molecular flexibility index (Phi) is 4.42. The zero-order valence-electron chi connectivity index (χ0n) is 12.7. The van der Waals surface area contributed by atoms with Crippen molar-refractivity contribution in [2.24, 2.45) is 5.92 Å². The fourth-order valence-electron chi connectivity index (χ4n) is 2.79. The number of para-hydroxylation sites is 1. The van der Waals surface area contributed by atoms with Crippen molar-refractivity contribution in [3.8, 4) is 0 Å². The van der Waals surface area contributed by atoms with E-state index in [1.807, 2.05) is 25.1 Å². The summed E-state index contributed by atoms with van der Waals surface area (Å²) in [7, 11) is 0. The number of rotatable bonds is 5. The van der Waals surface area contributed by atoms with Crippen LogP contribution in [0.1, 0.15) is 29.6 Å². The second-order valence-corrected chi connectivity index (χ2v) is 5.51. The van der Waals surface area contributed by atoms with Crippen LogP contribution in [0.15, 0.2) is 41.1 Å². The monoisotopic (exact) mass is 300 g/mol. The number of benzene rings is 1. The number of nitrogens with zero attached hydrogens (tertiary/aromatic N) is 2. The summed E-state index contributed by atoms with van der Waals surface area (Å²) in [6.45, 7) is 4.26. The number of oxazole rings is 1. The van der Waals surface area contributed by atoms with Crippen molar-refractivity contribution in [1.82, 2.24) is 4.98 Å². The average Bonchev–Trinajstić information content (AvgIpc) is 3.22. The number of carbonyl (C=O) groups is 1. The molecule has 1 saturated heterocycles. The lowest BCUT2D eigenvalue weighted by molar-refractivity contribution is 0.0442. The third kappa shape index (κ3) is 3.13. The second kappa shape index (κ2) is 6.64. The van der Waals surface area contributed by atoms with Crippen LogP contribution in [0.2, 0.25) is 0 Å². The van der Waals surface area contributed by atoms with Gasteiger partial charge in [0.1, 0.15) is 5.76 Å². The maximum Gasteiger partial charge on any atom is 0.360 e. The van der Waals surface area contributed by atoms with Crippen LogP contribution in [0.4, 0.5) is 5.69 Å². The Morgan fingerprint density at radius 1 is 1.41 bits per heavy atom. The van der Waals surface area contributed by atoms with Crippen molar-refractivity contribution in [1.29, 1.82) is 0 Å². The van der Waals surface area contributed by atoms with Crippen LogP contribution >= 0.6 is 0 Å². The molecule has 5 nitrogen and oxygen atoms in total. The first-order valence-electron chi connectivity index (χ1n) is 7.67. The van der Waals surface area contributed by atoms with E-state index >= 15 is 0 Å². The van der Waals surface area contributed by atoms with Gasteiger partial charge in [-0.25, -0.2) is 9.78 Å². The van der Waals surface area contributed by atoms with Gasteiger partial charge < -0.3 is 14.1 Å². The van der Waals surface area contributed by atoms with Crippen molar-refractivity contribution in [2.45, 2.75) is 19.8 Å². The summed E-state index contributed by atoms with van der Waals surface area (Å²) in [6.07, 6.45) is 2.96. The summed E-state index contributed by atoms with van der Waals surface area (Å²) in [5, 5.41) is 0. The summed E-state index contributed by atoms with van der Waals surface area (Å²) in [4.78, 5) is 18.3. The molecule has 116 valence electrons. The zero-order chi connectivity index (χ0) is 15.4. The molecule has 0 unspecified atom stereocenters. The van der Waals surface area contributed by atoms with E-state index in [-0.39, 0.29) is 5.97 Å². The molecule has 22 heavy (non-hydrogen) atoms. The molecule has 0 N–H and O–H groups in total. The van der Waals surface area contributed by atoms with Crippen molar-refractivity contribution >= 4 is 11.7 Å². The minimum Gasteiger partial charge on any atom is -0.461 e. The van der Waals surface area contributed by atoms with E-state index in [0.717, 1.165) is 19.5 Å². The van der Waals surface area contributed by atoms with Crippen LogP contribution in [0, 0.1) is 5.92 Å². The Balaban J connectivity index is 1.52. The van der Waals surface area contributed by atoms with E-state index in [2.05, 4.69) is 22.0 Å². The van der Waals surface area contributed by atoms with Gasteiger partial charge in [-0.15, -0.1) is 0 Å². The van der Waals surface area contributed by atoms with Crippen LogP contribution in [-0.2, 0) is 11.2 Å². The topological polar surface area (TPSA) is 55.6 Å². The Morgan fingerprint density at radius 2 is 2.23 bits per heavy atom. The van der Waals surface area contributed by atoms with Gasteiger partial charge in [0.05, 0.1) is 6.61 Å². The number of ether oxygens (including phenoxy) is 1. The molecule has 1 aromatic heterocycles. The molecule has 0 radical (unpaired) electrons. The summed E-state index contributed by atoms with van der Waals surface area (Å²) in [5.41, 5.74) is 1.53. The van der Waals surface area contributed by atoms with Crippen LogP contribution in [0.5, 0.6) is 0 Å². The smallest absolute Gasteiger partial charge is 0.360 e. The minimum absolute atomic E-state index is 0.306. The van der Waals surface area contributed by atoms with Crippen LogP contribution in [-0.4, -0.2) is 30.6 Å². The van der Waals surface area contributed by atoms with Gasteiger partial charge in [-0.2, -0.15) is 0 Å². The molecular weight excluding hydrogens is 280 g/mol. The van der Waals surface area contributed by atoms with Crippen LogP contribution < -0.4 is 4.90 Å². The largest absolute Gasteiger partial charge is 0.461 e.